The molecule has 0 bridgehead atoms. The number of aromatic nitrogens is 2. The molecular weight excluding hydrogens is 250 g/mol. The zero-order chi connectivity index (χ0) is 14.5. The van der Waals surface area contributed by atoms with E-state index in [1.807, 2.05) is 58.2 Å². The molecule has 1 radical (unpaired) electrons. The van der Waals surface area contributed by atoms with E-state index in [0.717, 1.165) is 27.6 Å². The van der Waals surface area contributed by atoms with Crippen LogP contribution in [0.1, 0.15) is 38.8 Å². The summed E-state index contributed by atoms with van der Waals surface area (Å²) < 4.78 is 0. The van der Waals surface area contributed by atoms with Gasteiger partial charge in [-0.05, 0) is 57.0 Å². The average molecular weight is 268 g/mol. The summed E-state index contributed by atoms with van der Waals surface area (Å²) in [5.41, 5.74) is 2.57. The van der Waals surface area contributed by atoms with E-state index in [1.165, 1.54) is 0 Å². The topological polar surface area (TPSA) is 48.9 Å². The van der Waals surface area contributed by atoms with E-state index < -0.39 is 11.1 Å². The van der Waals surface area contributed by atoms with Crippen LogP contribution in [0.2, 0.25) is 0 Å². The molecule has 0 aromatic carbocycles. The molecule has 4 heteroatoms. The molecule has 0 aliphatic carbocycles. The van der Waals surface area contributed by atoms with Gasteiger partial charge in [-0.25, -0.2) is 0 Å². The number of nitrogens with zero attached hydrogens (tertiary/aromatic N) is 3. The lowest BCUT2D eigenvalue weighted by atomic mass is 9.91. The normalized spacial score (nSPS) is 19.9. The second-order valence-corrected chi connectivity index (χ2v) is 6.24. The predicted molar refractivity (Wildman–Crippen MR) is 76.0 cm³/mol. The highest BCUT2D eigenvalue weighted by molar-refractivity contribution is 5.58. The van der Waals surface area contributed by atoms with Crippen molar-refractivity contribution < 1.29 is 5.21 Å². The van der Waals surface area contributed by atoms with Crippen molar-refractivity contribution in [3.8, 4) is 11.4 Å². The Morgan fingerprint density at radius 1 is 0.950 bits per heavy atom. The summed E-state index contributed by atoms with van der Waals surface area (Å²) >= 11 is 0. The summed E-state index contributed by atoms with van der Waals surface area (Å²) in [5, 5.41) is 13.7. The molecule has 0 unspecified atom stereocenters. The van der Waals surface area contributed by atoms with Gasteiger partial charge in [0, 0.05) is 12.4 Å². The van der Waals surface area contributed by atoms with Gasteiger partial charge in [-0.1, -0.05) is 6.07 Å². The van der Waals surface area contributed by atoms with Crippen LogP contribution < -0.4 is 0 Å². The van der Waals surface area contributed by atoms with Gasteiger partial charge in [0.2, 0.25) is 0 Å². The lowest BCUT2D eigenvalue weighted by Gasteiger charge is -2.32. The van der Waals surface area contributed by atoms with Gasteiger partial charge in [0.25, 0.3) is 0 Å². The summed E-state index contributed by atoms with van der Waals surface area (Å²) in [4.78, 5) is 8.81. The summed E-state index contributed by atoms with van der Waals surface area (Å²) in [7, 11) is 0. The molecule has 2 aromatic rings. The van der Waals surface area contributed by atoms with Crippen molar-refractivity contribution in [3.05, 3.63) is 47.8 Å². The van der Waals surface area contributed by atoms with E-state index in [9.17, 15) is 5.21 Å². The summed E-state index contributed by atoms with van der Waals surface area (Å²) in [6, 6.07) is 7.74. The third-order valence-electron chi connectivity index (χ3n) is 4.16. The van der Waals surface area contributed by atoms with Crippen LogP contribution in [-0.2, 0) is 16.3 Å². The minimum Gasteiger partial charge on any atom is -0.255 e. The molecule has 3 rings (SSSR count). The fraction of sp³-hybridized carbons (Fsp3) is 0.375. The van der Waals surface area contributed by atoms with Crippen molar-refractivity contribution in [3.63, 3.8) is 0 Å². The molecule has 0 atom stereocenters. The molecule has 1 aliphatic heterocycles. The van der Waals surface area contributed by atoms with E-state index in [1.54, 1.807) is 6.20 Å². The standard InChI is InChI=1S/C16H18N3O/c1-15(2)11-9-14(13-7-5-6-8-17-13)18-10-12(11)16(3,4)19(15)20/h5-10H,1-4H3. The first-order valence-corrected chi connectivity index (χ1v) is 6.75. The highest BCUT2D eigenvalue weighted by Crippen LogP contribution is 2.48. The minimum atomic E-state index is -0.550. The smallest absolute Gasteiger partial charge is 0.0889 e. The summed E-state index contributed by atoms with van der Waals surface area (Å²) in [6.45, 7) is 7.79. The number of pyridine rings is 2. The summed E-state index contributed by atoms with van der Waals surface area (Å²) in [5.74, 6) is 0. The van der Waals surface area contributed by atoms with Crippen molar-refractivity contribution in [2.24, 2.45) is 0 Å². The van der Waals surface area contributed by atoms with E-state index in [-0.39, 0.29) is 0 Å². The van der Waals surface area contributed by atoms with E-state index in [2.05, 4.69) is 9.97 Å². The fourth-order valence-electron chi connectivity index (χ4n) is 3.02. The maximum absolute atomic E-state index is 12.5. The van der Waals surface area contributed by atoms with Crippen LogP contribution in [0.5, 0.6) is 0 Å². The lowest BCUT2D eigenvalue weighted by Crippen LogP contribution is -2.41. The monoisotopic (exact) mass is 268 g/mol. The Balaban J connectivity index is 2.18. The predicted octanol–water partition coefficient (Wildman–Crippen LogP) is 3.27. The molecule has 20 heavy (non-hydrogen) atoms. The Labute approximate surface area is 119 Å². The summed E-state index contributed by atoms with van der Waals surface area (Å²) in [6.07, 6.45) is 3.57. The van der Waals surface area contributed by atoms with Crippen LogP contribution >= 0.6 is 0 Å². The molecule has 3 heterocycles. The quantitative estimate of drug-likeness (QED) is 0.797. The maximum atomic E-state index is 12.5. The van der Waals surface area contributed by atoms with Crippen LogP contribution in [0.15, 0.2) is 36.7 Å². The van der Waals surface area contributed by atoms with Gasteiger partial charge in [0.1, 0.15) is 0 Å². The first-order valence-electron chi connectivity index (χ1n) is 6.75. The van der Waals surface area contributed by atoms with Crippen molar-refractivity contribution in [1.29, 1.82) is 0 Å². The van der Waals surface area contributed by atoms with Gasteiger partial charge in [-0.2, -0.15) is 0 Å². The van der Waals surface area contributed by atoms with Gasteiger partial charge in [-0.3, -0.25) is 9.97 Å². The highest BCUT2D eigenvalue weighted by Gasteiger charge is 2.50. The Morgan fingerprint density at radius 3 is 2.30 bits per heavy atom. The van der Waals surface area contributed by atoms with Gasteiger partial charge >= 0.3 is 0 Å². The van der Waals surface area contributed by atoms with Crippen molar-refractivity contribution >= 4 is 0 Å². The zero-order valence-electron chi connectivity index (χ0n) is 12.2. The molecule has 1 aliphatic rings. The molecule has 2 aromatic heterocycles. The molecule has 0 saturated carbocycles. The third kappa shape index (κ3) is 1.69. The number of hydrogen-bond donors (Lipinski definition) is 0. The molecule has 0 amide bonds. The van der Waals surface area contributed by atoms with Gasteiger partial charge < -0.3 is 0 Å². The van der Waals surface area contributed by atoms with Crippen molar-refractivity contribution in [2.45, 2.75) is 38.8 Å². The molecule has 0 spiro atoms. The van der Waals surface area contributed by atoms with Crippen molar-refractivity contribution in [1.82, 2.24) is 15.0 Å². The second kappa shape index (κ2) is 4.11. The highest BCUT2D eigenvalue weighted by atomic mass is 16.5. The Bertz CT molecular complexity index is 650. The molecule has 0 fully saturated rings. The number of hydrogen-bond acceptors (Lipinski definition) is 3. The van der Waals surface area contributed by atoms with E-state index in [0.29, 0.717) is 0 Å². The number of hydroxylamine groups is 2. The first kappa shape index (κ1) is 13.2. The van der Waals surface area contributed by atoms with Crippen LogP contribution in [0.25, 0.3) is 11.4 Å². The molecular formula is C16H18N3O. The Morgan fingerprint density at radius 2 is 1.65 bits per heavy atom. The van der Waals surface area contributed by atoms with E-state index >= 15 is 0 Å². The molecule has 0 N–H and O–H groups in total. The van der Waals surface area contributed by atoms with Crippen molar-refractivity contribution in [2.75, 3.05) is 0 Å². The van der Waals surface area contributed by atoms with Crippen LogP contribution in [-0.4, -0.2) is 15.0 Å². The largest absolute Gasteiger partial charge is 0.255 e. The third-order valence-corrected chi connectivity index (χ3v) is 4.16. The van der Waals surface area contributed by atoms with Gasteiger partial charge in [0.15, 0.2) is 0 Å². The zero-order valence-corrected chi connectivity index (χ0v) is 12.2. The number of rotatable bonds is 1. The second-order valence-electron chi connectivity index (χ2n) is 6.24. The Hall–Kier alpha value is -1.78. The maximum Gasteiger partial charge on any atom is 0.0889 e. The van der Waals surface area contributed by atoms with Gasteiger partial charge in [0.05, 0.1) is 22.5 Å². The Kier molecular flexibility index (Phi) is 2.71. The first-order chi connectivity index (χ1) is 9.35. The van der Waals surface area contributed by atoms with Gasteiger partial charge in [-0.15, -0.1) is 10.3 Å². The lowest BCUT2D eigenvalue weighted by molar-refractivity contribution is -0.266. The number of fused-ring (bicyclic) bond motifs is 1. The van der Waals surface area contributed by atoms with Crippen LogP contribution in [0.4, 0.5) is 0 Å². The van der Waals surface area contributed by atoms with E-state index in [4.69, 9.17) is 0 Å². The average Bonchev–Trinajstić information content (AvgIpc) is 2.58. The minimum absolute atomic E-state index is 0.547. The van der Waals surface area contributed by atoms with Crippen LogP contribution in [0.3, 0.4) is 0 Å². The molecule has 103 valence electrons. The SMILES string of the molecule is CC1(C)c2cnc(-c3ccccn3)cc2C(C)(C)N1[O]. The van der Waals surface area contributed by atoms with Crippen LogP contribution in [0, 0.1) is 0 Å². The molecule has 0 saturated heterocycles. The fourth-order valence-corrected chi connectivity index (χ4v) is 3.02. The molecule has 4 nitrogen and oxygen atoms in total.